The van der Waals surface area contributed by atoms with Gasteiger partial charge in [-0.15, -0.1) is 10.2 Å². The Bertz CT molecular complexity index is 721. The highest BCUT2D eigenvalue weighted by molar-refractivity contribution is 7.99. The fraction of sp³-hybridized carbons (Fsp3) is 0.533. The first kappa shape index (κ1) is 16.9. The predicted octanol–water partition coefficient (Wildman–Crippen LogP) is 3.92. The van der Waals surface area contributed by atoms with Gasteiger partial charge in [0, 0.05) is 18.8 Å². The Morgan fingerprint density at radius 3 is 3.00 bits per heavy atom. The zero-order valence-electron chi connectivity index (χ0n) is 12.8. The molecule has 5 nitrogen and oxygen atoms in total. The van der Waals surface area contributed by atoms with E-state index in [1.807, 2.05) is 4.90 Å². The number of pyridine rings is 1. The van der Waals surface area contributed by atoms with Gasteiger partial charge < -0.3 is 4.90 Å². The minimum Gasteiger partial charge on any atom is -0.339 e. The van der Waals surface area contributed by atoms with Crippen LogP contribution in [0.3, 0.4) is 0 Å². The van der Waals surface area contributed by atoms with Crippen molar-refractivity contribution in [3.05, 3.63) is 22.3 Å². The van der Waals surface area contributed by atoms with Crippen molar-refractivity contribution in [2.24, 2.45) is 0 Å². The Labute approximate surface area is 149 Å². The third-order valence-corrected chi connectivity index (χ3v) is 5.55. The monoisotopic (exact) mass is 372 g/mol. The number of likely N-dealkylation sites (tertiary alicyclic amines) is 1. The number of carbonyl (C=O) groups excluding carboxylic acids is 1. The lowest BCUT2D eigenvalue weighted by Crippen LogP contribution is -2.44. The van der Waals surface area contributed by atoms with Crippen molar-refractivity contribution >= 4 is 46.5 Å². The van der Waals surface area contributed by atoms with Crippen LogP contribution in [0.15, 0.2) is 17.4 Å². The smallest absolute Gasteiger partial charge is 0.233 e. The molecule has 1 aliphatic heterocycles. The van der Waals surface area contributed by atoms with Gasteiger partial charge in [0.25, 0.3) is 0 Å². The topological polar surface area (TPSA) is 50.5 Å². The standard InChI is InChI=1S/C15H18Cl2N4OS/c1-2-11-5-3-4-6-20(11)13(22)9-23-15-19-18-14-12(17)7-10(16)8-21(14)15/h7-8,11H,2-6,9H2,1H3/t11-/m1/s1. The number of halogens is 2. The van der Waals surface area contributed by atoms with Crippen molar-refractivity contribution < 1.29 is 4.79 Å². The quantitative estimate of drug-likeness (QED) is 0.763. The molecule has 0 unspecified atom stereocenters. The fourth-order valence-electron chi connectivity index (χ4n) is 2.96. The van der Waals surface area contributed by atoms with Crippen LogP contribution < -0.4 is 0 Å². The molecule has 1 atom stereocenters. The molecule has 0 aliphatic carbocycles. The number of carbonyl (C=O) groups is 1. The summed E-state index contributed by atoms with van der Waals surface area (Å²) in [6.07, 6.45) is 6.13. The molecule has 8 heteroatoms. The maximum absolute atomic E-state index is 12.5. The summed E-state index contributed by atoms with van der Waals surface area (Å²) in [5.74, 6) is 0.507. The molecule has 124 valence electrons. The summed E-state index contributed by atoms with van der Waals surface area (Å²) >= 11 is 13.5. The first-order valence-corrected chi connectivity index (χ1v) is 9.46. The maximum Gasteiger partial charge on any atom is 0.233 e. The van der Waals surface area contributed by atoms with Crippen LogP contribution in [0.5, 0.6) is 0 Å². The predicted molar refractivity (Wildman–Crippen MR) is 93.4 cm³/mol. The van der Waals surface area contributed by atoms with Crippen molar-refractivity contribution in [3.63, 3.8) is 0 Å². The molecule has 0 bridgehead atoms. The zero-order chi connectivity index (χ0) is 16.4. The van der Waals surface area contributed by atoms with Gasteiger partial charge in [0.2, 0.25) is 5.91 Å². The van der Waals surface area contributed by atoms with Crippen molar-refractivity contribution in [2.45, 2.75) is 43.8 Å². The summed E-state index contributed by atoms with van der Waals surface area (Å²) in [7, 11) is 0. The van der Waals surface area contributed by atoms with E-state index in [0.717, 1.165) is 25.8 Å². The average Bonchev–Trinajstić information content (AvgIpc) is 2.95. The van der Waals surface area contributed by atoms with Gasteiger partial charge in [-0.1, -0.05) is 41.9 Å². The van der Waals surface area contributed by atoms with Crippen LogP contribution in [0.4, 0.5) is 0 Å². The maximum atomic E-state index is 12.5. The zero-order valence-corrected chi connectivity index (χ0v) is 15.2. The van der Waals surface area contributed by atoms with E-state index < -0.39 is 0 Å². The minimum absolute atomic E-state index is 0.159. The number of piperidine rings is 1. The molecule has 0 radical (unpaired) electrons. The van der Waals surface area contributed by atoms with Gasteiger partial charge in [0.1, 0.15) is 0 Å². The first-order chi connectivity index (χ1) is 11.1. The van der Waals surface area contributed by atoms with Crippen LogP contribution in [-0.2, 0) is 4.79 Å². The molecular formula is C15H18Cl2N4OS. The van der Waals surface area contributed by atoms with Gasteiger partial charge in [0.05, 0.1) is 15.8 Å². The van der Waals surface area contributed by atoms with Crippen molar-refractivity contribution in [3.8, 4) is 0 Å². The Morgan fingerprint density at radius 1 is 1.39 bits per heavy atom. The van der Waals surface area contributed by atoms with Crippen molar-refractivity contribution in [1.29, 1.82) is 0 Å². The van der Waals surface area contributed by atoms with Crippen LogP contribution in [-0.4, -0.2) is 43.7 Å². The lowest BCUT2D eigenvalue weighted by atomic mass is 10.0. The Hall–Kier alpha value is -0.980. The lowest BCUT2D eigenvalue weighted by molar-refractivity contribution is -0.132. The average molecular weight is 373 g/mol. The highest BCUT2D eigenvalue weighted by Gasteiger charge is 2.25. The molecule has 2 aromatic rings. The van der Waals surface area contributed by atoms with Crippen LogP contribution in [0.2, 0.25) is 10.0 Å². The van der Waals surface area contributed by atoms with Gasteiger partial charge >= 0.3 is 0 Å². The van der Waals surface area contributed by atoms with E-state index in [-0.39, 0.29) is 5.91 Å². The first-order valence-electron chi connectivity index (χ1n) is 7.72. The summed E-state index contributed by atoms with van der Waals surface area (Å²) in [5.41, 5.74) is 0.551. The summed E-state index contributed by atoms with van der Waals surface area (Å²) in [6, 6.07) is 2.00. The second-order valence-corrected chi connectivity index (χ2v) is 7.40. The van der Waals surface area contributed by atoms with Crippen LogP contribution in [0.1, 0.15) is 32.6 Å². The van der Waals surface area contributed by atoms with Gasteiger partial charge in [0.15, 0.2) is 10.8 Å². The van der Waals surface area contributed by atoms with Gasteiger partial charge in [-0.05, 0) is 31.7 Å². The molecule has 3 heterocycles. The van der Waals surface area contributed by atoms with Crippen molar-refractivity contribution in [2.75, 3.05) is 12.3 Å². The SMILES string of the molecule is CC[C@@H]1CCCCN1C(=O)CSc1nnc2c(Cl)cc(Cl)cn12. The van der Waals surface area contributed by atoms with E-state index in [1.54, 1.807) is 16.7 Å². The fourth-order valence-corrected chi connectivity index (χ4v) is 4.27. The number of thioether (sulfide) groups is 1. The third-order valence-electron chi connectivity index (χ3n) is 4.14. The molecule has 1 fully saturated rings. The number of amides is 1. The third kappa shape index (κ3) is 3.59. The number of nitrogens with zero attached hydrogens (tertiary/aromatic N) is 4. The molecule has 0 saturated carbocycles. The normalized spacial score (nSPS) is 18.6. The van der Waals surface area contributed by atoms with E-state index in [9.17, 15) is 4.79 Å². The molecular weight excluding hydrogens is 355 g/mol. The lowest BCUT2D eigenvalue weighted by Gasteiger charge is -2.35. The number of aromatic nitrogens is 3. The van der Waals surface area contributed by atoms with E-state index in [0.29, 0.717) is 32.6 Å². The molecule has 0 aromatic carbocycles. The highest BCUT2D eigenvalue weighted by atomic mass is 35.5. The Balaban J connectivity index is 1.72. The molecule has 0 spiro atoms. The number of hydrogen-bond donors (Lipinski definition) is 0. The van der Waals surface area contributed by atoms with E-state index >= 15 is 0 Å². The Morgan fingerprint density at radius 2 is 2.22 bits per heavy atom. The molecule has 1 saturated heterocycles. The summed E-state index contributed by atoms with van der Waals surface area (Å²) < 4.78 is 1.73. The molecule has 1 amide bonds. The molecule has 0 N–H and O–H groups in total. The largest absolute Gasteiger partial charge is 0.339 e. The second kappa shape index (κ2) is 7.28. The number of fused-ring (bicyclic) bond motifs is 1. The number of rotatable bonds is 4. The van der Waals surface area contributed by atoms with E-state index in [4.69, 9.17) is 23.2 Å². The van der Waals surface area contributed by atoms with E-state index in [2.05, 4.69) is 17.1 Å². The summed E-state index contributed by atoms with van der Waals surface area (Å²) in [4.78, 5) is 14.5. The van der Waals surface area contributed by atoms with Crippen LogP contribution >= 0.6 is 35.0 Å². The summed E-state index contributed by atoms with van der Waals surface area (Å²) in [5, 5.41) is 9.76. The molecule has 1 aliphatic rings. The molecule has 3 rings (SSSR count). The van der Waals surface area contributed by atoms with Gasteiger partial charge in [-0.3, -0.25) is 9.20 Å². The number of hydrogen-bond acceptors (Lipinski definition) is 4. The summed E-state index contributed by atoms with van der Waals surface area (Å²) in [6.45, 7) is 3.00. The second-order valence-electron chi connectivity index (χ2n) is 5.62. The van der Waals surface area contributed by atoms with E-state index in [1.165, 1.54) is 18.2 Å². The van der Waals surface area contributed by atoms with Crippen LogP contribution in [0.25, 0.3) is 5.65 Å². The Kier molecular flexibility index (Phi) is 5.34. The van der Waals surface area contributed by atoms with Gasteiger partial charge in [-0.2, -0.15) is 0 Å². The molecule has 2 aromatic heterocycles. The highest BCUT2D eigenvalue weighted by Crippen LogP contribution is 2.26. The molecule has 23 heavy (non-hydrogen) atoms. The van der Waals surface area contributed by atoms with Crippen molar-refractivity contribution in [1.82, 2.24) is 19.5 Å². The minimum atomic E-state index is 0.159. The van der Waals surface area contributed by atoms with Crippen LogP contribution in [0, 0.1) is 0 Å². The van der Waals surface area contributed by atoms with Gasteiger partial charge in [-0.25, -0.2) is 0 Å².